The highest BCUT2D eigenvalue weighted by Crippen LogP contribution is 2.53. The molecule has 102 valence electrons. The lowest BCUT2D eigenvalue weighted by Crippen LogP contribution is -2.44. The van der Waals surface area contributed by atoms with Crippen LogP contribution >= 0.6 is 0 Å². The zero-order chi connectivity index (χ0) is 13.4. The minimum Gasteiger partial charge on any atom is -0.274 e. The molecule has 19 heavy (non-hydrogen) atoms. The zero-order valence-corrected chi connectivity index (χ0v) is 11.2. The van der Waals surface area contributed by atoms with E-state index in [0.717, 1.165) is 11.3 Å². The van der Waals surface area contributed by atoms with Gasteiger partial charge in [-0.25, -0.2) is 8.42 Å². The van der Waals surface area contributed by atoms with Crippen molar-refractivity contribution >= 4 is 21.7 Å². The van der Waals surface area contributed by atoms with Crippen LogP contribution in [0.3, 0.4) is 0 Å². The highest BCUT2D eigenvalue weighted by Gasteiger charge is 2.61. The van der Waals surface area contributed by atoms with Crippen molar-refractivity contribution in [3.8, 4) is 0 Å². The summed E-state index contributed by atoms with van der Waals surface area (Å²) in [5.41, 5.74) is 0. The van der Waals surface area contributed by atoms with Gasteiger partial charge in [0.1, 0.15) is 5.37 Å². The lowest BCUT2D eigenvalue weighted by molar-refractivity contribution is -0.141. The summed E-state index contributed by atoms with van der Waals surface area (Å²) in [4.78, 5) is 26.0. The monoisotopic (exact) mass is 281 g/mol. The smallest absolute Gasteiger partial charge is 0.234 e. The molecule has 2 aliphatic heterocycles. The highest BCUT2D eigenvalue weighted by molar-refractivity contribution is 7.92. The molecule has 0 aromatic heterocycles. The van der Waals surface area contributed by atoms with Gasteiger partial charge in [-0.05, 0) is 31.1 Å². The summed E-state index contributed by atoms with van der Waals surface area (Å²) in [5, 5.41) is -0.891. The van der Waals surface area contributed by atoms with Gasteiger partial charge in [-0.3, -0.25) is 14.5 Å². The lowest BCUT2D eigenvalue weighted by Gasteiger charge is -2.23. The SMILES string of the molecule is O=C1[C@@H]2[C@@H](C(=O)N1[C@@H]1CCCS1(=O)=O)[C@H]1C=C[C@@H]2C1. The number of likely N-dealkylation sites (tertiary alicyclic amines) is 1. The van der Waals surface area contributed by atoms with Crippen molar-refractivity contribution in [3.05, 3.63) is 12.2 Å². The van der Waals surface area contributed by atoms with Crippen molar-refractivity contribution in [3.63, 3.8) is 0 Å². The Hall–Kier alpha value is -1.17. The quantitative estimate of drug-likeness (QED) is 0.513. The third-order valence-electron chi connectivity index (χ3n) is 5.09. The van der Waals surface area contributed by atoms with E-state index in [1.54, 1.807) is 0 Å². The minimum absolute atomic E-state index is 0.0924. The molecule has 3 fully saturated rings. The topological polar surface area (TPSA) is 71.5 Å². The van der Waals surface area contributed by atoms with Crippen LogP contribution in [0, 0.1) is 23.7 Å². The normalized spacial score (nSPS) is 46.3. The molecule has 2 saturated heterocycles. The molecule has 0 aromatic carbocycles. The van der Waals surface area contributed by atoms with Crippen molar-refractivity contribution in [1.82, 2.24) is 4.90 Å². The van der Waals surface area contributed by atoms with E-state index in [0.29, 0.717) is 12.8 Å². The molecule has 4 rings (SSSR count). The Morgan fingerprint density at radius 1 is 1.05 bits per heavy atom. The standard InChI is InChI=1S/C13H15NO4S/c15-12-10-7-3-4-8(6-7)11(10)13(16)14(12)9-2-1-5-19(9,17)18/h3-4,7-11H,1-2,5-6H2/t7-,8+,9-,10-,11-/m0/s1. The predicted octanol–water partition coefficient (Wildman–Crippen LogP) is 0.328. The van der Waals surface area contributed by atoms with E-state index in [2.05, 4.69) is 0 Å². The summed E-state index contributed by atoms with van der Waals surface area (Å²) < 4.78 is 24.0. The average Bonchev–Trinajstić information content (AvgIpc) is 3.06. The fourth-order valence-corrected chi connectivity index (χ4v) is 6.17. The maximum Gasteiger partial charge on any atom is 0.234 e. The second-order valence-electron chi connectivity index (χ2n) is 6.01. The average molecular weight is 281 g/mol. The third-order valence-corrected chi connectivity index (χ3v) is 7.22. The summed E-state index contributed by atoms with van der Waals surface area (Å²) >= 11 is 0. The molecular formula is C13H15NO4S. The number of hydrogen-bond donors (Lipinski definition) is 0. The molecule has 0 spiro atoms. The van der Waals surface area contributed by atoms with E-state index in [1.807, 2.05) is 12.2 Å². The summed E-state index contributed by atoms with van der Waals surface area (Å²) in [6, 6.07) is 0. The van der Waals surface area contributed by atoms with Crippen LogP contribution in [-0.2, 0) is 19.4 Å². The van der Waals surface area contributed by atoms with Crippen LogP contribution in [0.15, 0.2) is 12.2 Å². The molecule has 0 N–H and O–H groups in total. The number of rotatable bonds is 1. The molecule has 0 radical (unpaired) electrons. The van der Waals surface area contributed by atoms with Crippen LogP contribution in [0.4, 0.5) is 0 Å². The Morgan fingerprint density at radius 3 is 2.11 bits per heavy atom. The number of allylic oxidation sites excluding steroid dienone is 2. The first-order chi connectivity index (χ1) is 9.00. The zero-order valence-electron chi connectivity index (χ0n) is 10.4. The number of nitrogens with zero attached hydrogens (tertiary/aromatic N) is 1. The Bertz CT molecular complexity index is 578. The molecule has 1 saturated carbocycles. The van der Waals surface area contributed by atoms with Crippen molar-refractivity contribution in [2.24, 2.45) is 23.7 Å². The molecule has 4 aliphatic rings. The van der Waals surface area contributed by atoms with E-state index >= 15 is 0 Å². The fourth-order valence-electron chi connectivity index (χ4n) is 4.27. The molecule has 2 aliphatic carbocycles. The molecule has 2 bridgehead atoms. The lowest BCUT2D eigenvalue weighted by atomic mass is 9.85. The number of sulfone groups is 1. The molecule has 2 amide bonds. The number of carbonyl (C=O) groups is 2. The highest BCUT2D eigenvalue weighted by atomic mass is 32.2. The van der Waals surface area contributed by atoms with E-state index in [1.165, 1.54) is 0 Å². The molecule has 5 nitrogen and oxygen atoms in total. The Balaban J connectivity index is 1.73. The van der Waals surface area contributed by atoms with Gasteiger partial charge in [-0.2, -0.15) is 0 Å². The molecule has 5 atom stereocenters. The van der Waals surface area contributed by atoms with Crippen LogP contribution in [0.5, 0.6) is 0 Å². The van der Waals surface area contributed by atoms with E-state index in [4.69, 9.17) is 0 Å². The summed E-state index contributed by atoms with van der Waals surface area (Å²) in [6.07, 6.45) is 5.86. The van der Waals surface area contributed by atoms with Gasteiger partial charge in [-0.15, -0.1) is 0 Å². The van der Waals surface area contributed by atoms with Crippen molar-refractivity contribution < 1.29 is 18.0 Å². The predicted molar refractivity (Wildman–Crippen MR) is 66.4 cm³/mol. The first kappa shape index (κ1) is 11.6. The number of fused-ring (bicyclic) bond motifs is 5. The van der Waals surface area contributed by atoms with Crippen LogP contribution in [0.1, 0.15) is 19.3 Å². The number of imide groups is 1. The first-order valence-electron chi connectivity index (χ1n) is 6.77. The largest absolute Gasteiger partial charge is 0.274 e. The van der Waals surface area contributed by atoms with Gasteiger partial charge in [-0.1, -0.05) is 12.2 Å². The van der Waals surface area contributed by atoms with Gasteiger partial charge >= 0.3 is 0 Å². The summed E-state index contributed by atoms with van der Waals surface area (Å²) in [6.45, 7) is 0. The van der Waals surface area contributed by atoms with Gasteiger partial charge in [0.05, 0.1) is 17.6 Å². The Kier molecular flexibility index (Phi) is 2.13. The van der Waals surface area contributed by atoms with Gasteiger partial charge in [0.2, 0.25) is 11.8 Å². The summed E-state index contributed by atoms with van der Waals surface area (Å²) in [7, 11) is -3.32. The molecule has 6 heteroatoms. The number of hydrogen-bond acceptors (Lipinski definition) is 4. The fraction of sp³-hybridized carbons (Fsp3) is 0.692. The Morgan fingerprint density at radius 2 is 1.63 bits per heavy atom. The second kappa shape index (κ2) is 3.48. The number of amides is 2. The summed E-state index contributed by atoms with van der Waals surface area (Å²) in [5.74, 6) is -0.711. The molecule has 0 aromatic rings. The second-order valence-corrected chi connectivity index (χ2v) is 8.29. The van der Waals surface area contributed by atoms with Gasteiger partial charge in [0.15, 0.2) is 9.84 Å². The first-order valence-corrected chi connectivity index (χ1v) is 8.49. The van der Waals surface area contributed by atoms with Crippen LogP contribution < -0.4 is 0 Å². The molecule has 2 heterocycles. The molecule has 0 unspecified atom stereocenters. The van der Waals surface area contributed by atoms with Crippen LogP contribution in [0.2, 0.25) is 0 Å². The maximum atomic E-state index is 12.5. The van der Waals surface area contributed by atoms with Crippen molar-refractivity contribution in [1.29, 1.82) is 0 Å². The third kappa shape index (κ3) is 1.33. The van der Waals surface area contributed by atoms with Gasteiger partial charge in [0.25, 0.3) is 0 Å². The molecular weight excluding hydrogens is 266 g/mol. The maximum absolute atomic E-state index is 12.5. The van der Waals surface area contributed by atoms with Gasteiger partial charge in [0, 0.05) is 0 Å². The van der Waals surface area contributed by atoms with Gasteiger partial charge < -0.3 is 0 Å². The van der Waals surface area contributed by atoms with Crippen molar-refractivity contribution in [2.75, 3.05) is 5.75 Å². The number of carbonyl (C=O) groups excluding carboxylic acids is 2. The Labute approximate surface area is 111 Å². The van der Waals surface area contributed by atoms with Crippen LogP contribution in [-0.4, -0.2) is 36.3 Å². The van der Waals surface area contributed by atoms with E-state index in [9.17, 15) is 18.0 Å². The van der Waals surface area contributed by atoms with E-state index < -0.39 is 15.2 Å². The van der Waals surface area contributed by atoms with Crippen molar-refractivity contribution in [2.45, 2.75) is 24.6 Å². The van der Waals surface area contributed by atoms with Crippen LogP contribution in [0.25, 0.3) is 0 Å². The van der Waals surface area contributed by atoms with E-state index in [-0.39, 0.29) is 41.2 Å². The minimum atomic E-state index is -3.32.